The lowest BCUT2D eigenvalue weighted by atomic mass is 10.1. The van der Waals surface area contributed by atoms with Crippen molar-refractivity contribution in [2.45, 2.75) is 0 Å². The summed E-state index contributed by atoms with van der Waals surface area (Å²) in [6, 6.07) is 11.9. The highest BCUT2D eigenvalue weighted by atomic mass is 127. The molecule has 0 unspecified atom stereocenters. The van der Waals surface area contributed by atoms with Gasteiger partial charge in [-0.05, 0) is 52.9 Å². The zero-order chi connectivity index (χ0) is 13.6. The Bertz CT molecular complexity index is 679. The van der Waals surface area contributed by atoms with E-state index in [-0.39, 0.29) is 11.8 Å². The van der Waals surface area contributed by atoms with Crippen LogP contribution < -0.4 is 4.90 Å². The Morgan fingerprint density at radius 3 is 2.05 bits per heavy atom. The zero-order valence-corrected chi connectivity index (χ0v) is 12.5. The maximum atomic E-state index is 12.3. The summed E-state index contributed by atoms with van der Waals surface area (Å²) in [6.45, 7) is 0. The highest BCUT2D eigenvalue weighted by molar-refractivity contribution is 14.1. The molecule has 5 heteroatoms. The van der Waals surface area contributed by atoms with Gasteiger partial charge in [-0.2, -0.15) is 0 Å². The van der Waals surface area contributed by atoms with Crippen LogP contribution in [0.4, 0.5) is 5.69 Å². The van der Waals surface area contributed by atoms with E-state index in [1.807, 2.05) is 0 Å². The van der Waals surface area contributed by atoms with Crippen molar-refractivity contribution >= 4 is 51.7 Å². The van der Waals surface area contributed by atoms with Crippen LogP contribution in [-0.2, 0) is 0 Å². The Morgan fingerprint density at radius 2 is 1.53 bits per heavy atom. The van der Waals surface area contributed by atoms with Crippen molar-refractivity contribution in [3.63, 3.8) is 0 Å². The second kappa shape index (κ2) is 4.61. The first-order valence-corrected chi connectivity index (χ1v) is 6.98. The highest BCUT2D eigenvalue weighted by Crippen LogP contribution is 2.32. The third-order valence-corrected chi connectivity index (χ3v) is 4.04. The number of nitrogens with zero attached hydrogens (tertiary/aromatic N) is 1. The van der Waals surface area contributed by atoms with Crippen LogP contribution in [0.1, 0.15) is 20.7 Å². The smallest absolute Gasteiger partial charge is 0.266 e. The third-order valence-electron chi connectivity index (χ3n) is 2.94. The van der Waals surface area contributed by atoms with Crippen molar-refractivity contribution in [1.29, 1.82) is 0 Å². The largest absolute Gasteiger partial charge is 0.268 e. The van der Waals surface area contributed by atoms with Gasteiger partial charge >= 0.3 is 0 Å². The fourth-order valence-corrected chi connectivity index (χ4v) is 3.18. The van der Waals surface area contributed by atoms with E-state index in [1.165, 1.54) is 4.90 Å². The second-order valence-electron chi connectivity index (χ2n) is 4.09. The van der Waals surface area contributed by atoms with Crippen molar-refractivity contribution in [3.05, 3.63) is 62.2 Å². The van der Waals surface area contributed by atoms with Crippen LogP contribution in [0.25, 0.3) is 0 Å². The Hall–Kier alpha value is -1.40. The van der Waals surface area contributed by atoms with Gasteiger partial charge in [0.1, 0.15) is 0 Å². The number of anilines is 1. The molecule has 1 heterocycles. The van der Waals surface area contributed by atoms with E-state index in [4.69, 9.17) is 11.6 Å². The van der Waals surface area contributed by atoms with Gasteiger partial charge < -0.3 is 0 Å². The molecule has 0 bridgehead atoms. The molecule has 0 saturated carbocycles. The predicted octanol–water partition coefficient (Wildman–Crippen LogP) is 3.75. The normalized spacial score (nSPS) is 13.9. The van der Waals surface area contributed by atoms with Crippen LogP contribution >= 0.6 is 34.2 Å². The van der Waals surface area contributed by atoms with Crippen molar-refractivity contribution in [2.75, 3.05) is 4.90 Å². The van der Waals surface area contributed by atoms with Crippen molar-refractivity contribution < 1.29 is 9.59 Å². The number of amides is 2. The number of rotatable bonds is 1. The first-order valence-electron chi connectivity index (χ1n) is 5.52. The molecule has 2 aromatic carbocycles. The lowest BCUT2D eigenvalue weighted by molar-refractivity contribution is 0.0926. The molecule has 0 radical (unpaired) electrons. The Morgan fingerprint density at radius 1 is 0.947 bits per heavy atom. The second-order valence-corrected chi connectivity index (χ2v) is 5.69. The topological polar surface area (TPSA) is 37.4 Å². The van der Waals surface area contributed by atoms with Gasteiger partial charge in [0.15, 0.2) is 0 Å². The summed E-state index contributed by atoms with van der Waals surface area (Å²) < 4.78 is 0.764. The number of benzene rings is 2. The highest BCUT2D eigenvalue weighted by Gasteiger charge is 2.37. The van der Waals surface area contributed by atoms with Gasteiger partial charge in [-0.25, -0.2) is 4.90 Å². The predicted molar refractivity (Wildman–Crippen MR) is 81.8 cm³/mol. The molecule has 3 rings (SSSR count). The molecule has 0 saturated heterocycles. The number of hydrogen-bond acceptors (Lipinski definition) is 2. The van der Waals surface area contributed by atoms with Gasteiger partial charge in [0, 0.05) is 8.59 Å². The molecule has 19 heavy (non-hydrogen) atoms. The molecule has 0 spiro atoms. The van der Waals surface area contributed by atoms with Crippen molar-refractivity contribution in [3.8, 4) is 0 Å². The fourth-order valence-electron chi connectivity index (χ4n) is 2.07. The number of fused-ring (bicyclic) bond motifs is 1. The molecule has 0 atom stereocenters. The molecule has 0 fully saturated rings. The van der Waals surface area contributed by atoms with Crippen molar-refractivity contribution in [1.82, 2.24) is 0 Å². The van der Waals surface area contributed by atoms with Crippen LogP contribution in [0.3, 0.4) is 0 Å². The number of carbonyl (C=O) groups excluding carboxylic acids is 2. The van der Waals surface area contributed by atoms with Crippen LogP contribution in [-0.4, -0.2) is 11.8 Å². The van der Waals surface area contributed by atoms with Gasteiger partial charge in [-0.1, -0.05) is 23.7 Å². The maximum absolute atomic E-state index is 12.3. The Kier molecular flexibility index (Phi) is 3.06. The quantitative estimate of drug-likeness (QED) is 0.556. The molecule has 3 nitrogen and oxygen atoms in total. The lowest BCUT2D eigenvalue weighted by Gasteiger charge is -2.15. The Balaban J connectivity index is 2.14. The van der Waals surface area contributed by atoms with Crippen LogP contribution in [0.2, 0.25) is 5.02 Å². The average Bonchev–Trinajstić information content (AvgIpc) is 2.64. The molecule has 0 aromatic heterocycles. The first-order chi connectivity index (χ1) is 9.09. The molecular formula is C14H7ClINO2. The van der Waals surface area contributed by atoms with Gasteiger partial charge in [-0.3, -0.25) is 9.59 Å². The summed E-state index contributed by atoms with van der Waals surface area (Å²) in [4.78, 5) is 25.8. The summed E-state index contributed by atoms with van der Waals surface area (Å²) in [6.07, 6.45) is 0. The van der Waals surface area contributed by atoms with Gasteiger partial charge in [-0.15, -0.1) is 0 Å². The lowest BCUT2D eigenvalue weighted by Crippen LogP contribution is -2.30. The first kappa shape index (κ1) is 12.6. The monoisotopic (exact) mass is 383 g/mol. The summed E-state index contributed by atoms with van der Waals surface area (Å²) in [5.41, 5.74) is 1.45. The van der Waals surface area contributed by atoms with E-state index < -0.39 is 0 Å². The SMILES string of the molecule is O=C1c2ccccc2C(=O)N1c1ccc(Cl)cc1I. The van der Waals surface area contributed by atoms with Crippen LogP contribution in [0, 0.1) is 3.57 Å². The molecule has 1 aliphatic heterocycles. The maximum Gasteiger partial charge on any atom is 0.266 e. The minimum Gasteiger partial charge on any atom is -0.268 e. The summed E-state index contributed by atoms with van der Waals surface area (Å²) >= 11 is 7.96. The summed E-state index contributed by atoms with van der Waals surface area (Å²) in [7, 11) is 0. The van der Waals surface area contributed by atoms with E-state index in [1.54, 1.807) is 42.5 Å². The van der Waals surface area contributed by atoms with Crippen LogP contribution in [0.5, 0.6) is 0 Å². The molecule has 0 N–H and O–H groups in total. The molecule has 0 aliphatic carbocycles. The average molecular weight is 384 g/mol. The Labute approximate surface area is 128 Å². The van der Waals surface area contributed by atoms with Crippen molar-refractivity contribution in [2.24, 2.45) is 0 Å². The van der Waals surface area contributed by atoms with E-state index >= 15 is 0 Å². The molecule has 2 aromatic rings. The number of carbonyl (C=O) groups is 2. The van der Waals surface area contributed by atoms with E-state index in [0.717, 1.165) is 3.57 Å². The van der Waals surface area contributed by atoms with E-state index in [9.17, 15) is 9.59 Å². The van der Waals surface area contributed by atoms with Gasteiger partial charge in [0.05, 0.1) is 16.8 Å². The van der Waals surface area contributed by atoms with E-state index in [0.29, 0.717) is 21.8 Å². The molecule has 1 aliphatic rings. The van der Waals surface area contributed by atoms with Gasteiger partial charge in [0.25, 0.3) is 11.8 Å². The van der Waals surface area contributed by atoms with Crippen LogP contribution in [0.15, 0.2) is 42.5 Å². The molecule has 2 amide bonds. The summed E-state index contributed by atoms with van der Waals surface area (Å²) in [5, 5.41) is 0.574. The third kappa shape index (κ3) is 1.95. The summed E-state index contributed by atoms with van der Waals surface area (Å²) in [5.74, 6) is -0.582. The number of hydrogen-bond donors (Lipinski definition) is 0. The minimum absolute atomic E-state index is 0.291. The fraction of sp³-hybridized carbons (Fsp3) is 0. The molecule has 94 valence electrons. The van der Waals surface area contributed by atoms with Gasteiger partial charge in [0.2, 0.25) is 0 Å². The van der Waals surface area contributed by atoms with E-state index in [2.05, 4.69) is 22.6 Å². The number of imide groups is 1. The number of halogens is 2. The molecular weight excluding hydrogens is 377 g/mol. The standard InChI is InChI=1S/C14H7ClINO2/c15-8-5-6-12(11(16)7-8)17-13(18)9-3-1-2-4-10(9)14(17)19/h1-7H. The minimum atomic E-state index is -0.291. The zero-order valence-electron chi connectivity index (χ0n) is 9.56.